The molecule has 2 amide bonds. The van der Waals surface area contributed by atoms with E-state index in [1.165, 1.54) is 11.3 Å². The topological polar surface area (TPSA) is 69.6 Å². The summed E-state index contributed by atoms with van der Waals surface area (Å²) in [6.45, 7) is 3.08. The number of thiophene rings is 1. The molecule has 1 aromatic rings. The molecule has 1 aliphatic rings. The molecule has 0 saturated carbocycles. The molecule has 2 heterocycles. The Morgan fingerprint density at radius 3 is 2.68 bits per heavy atom. The number of aliphatic hydroxyl groups excluding tert-OH is 1. The van der Waals surface area contributed by atoms with Crippen LogP contribution in [-0.2, 0) is 4.79 Å². The molecule has 1 saturated heterocycles. The van der Waals surface area contributed by atoms with Gasteiger partial charge in [0, 0.05) is 18.0 Å². The van der Waals surface area contributed by atoms with Crippen LogP contribution in [0.2, 0.25) is 0 Å². The lowest BCUT2D eigenvalue weighted by atomic mass is 10.1. The van der Waals surface area contributed by atoms with Gasteiger partial charge in [0.25, 0.3) is 5.91 Å². The third kappa shape index (κ3) is 3.78. The van der Waals surface area contributed by atoms with Crippen molar-refractivity contribution in [2.75, 3.05) is 19.6 Å². The van der Waals surface area contributed by atoms with E-state index < -0.39 is 0 Å². The van der Waals surface area contributed by atoms with Crippen LogP contribution in [0, 0.1) is 6.92 Å². The van der Waals surface area contributed by atoms with Crippen LogP contribution >= 0.6 is 11.3 Å². The molecule has 2 N–H and O–H groups in total. The summed E-state index contributed by atoms with van der Waals surface area (Å²) >= 11 is 1.41. The standard InChI is InChI=1S/C13H18N2O3S/c1-9-2-3-11(19-9)13(18)14-8-12(17)15-6-4-10(16)5-7-15/h2-3,10,16H,4-8H2,1H3,(H,14,18). The molecule has 1 aliphatic heterocycles. The molecule has 104 valence electrons. The minimum absolute atomic E-state index is 0.0197. The lowest BCUT2D eigenvalue weighted by Crippen LogP contribution is -2.44. The van der Waals surface area contributed by atoms with Crippen molar-refractivity contribution in [1.82, 2.24) is 10.2 Å². The first-order valence-corrected chi connectivity index (χ1v) is 7.18. The minimum atomic E-state index is -0.298. The number of nitrogens with one attached hydrogen (secondary N) is 1. The lowest BCUT2D eigenvalue weighted by Gasteiger charge is -2.29. The Kier molecular flexibility index (Phi) is 4.55. The summed E-state index contributed by atoms with van der Waals surface area (Å²) in [5.41, 5.74) is 0. The number of aliphatic hydroxyl groups is 1. The fourth-order valence-electron chi connectivity index (χ4n) is 2.03. The number of amides is 2. The number of likely N-dealkylation sites (tertiary alicyclic amines) is 1. The largest absolute Gasteiger partial charge is 0.393 e. The summed E-state index contributed by atoms with van der Waals surface area (Å²) in [5, 5.41) is 12.0. The van der Waals surface area contributed by atoms with Gasteiger partial charge in [-0.15, -0.1) is 11.3 Å². The molecule has 0 aliphatic carbocycles. The maximum absolute atomic E-state index is 11.9. The number of hydrogen-bond donors (Lipinski definition) is 2. The van der Waals surface area contributed by atoms with Gasteiger partial charge in [0.2, 0.25) is 5.91 Å². The van der Waals surface area contributed by atoms with Crippen molar-refractivity contribution in [3.05, 3.63) is 21.9 Å². The molecule has 0 radical (unpaired) electrons. The Morgan fingerprint density at radius 1 is 1.42 bits per heavy atom. The molecule has 1 fully saturated rings. The minimum Gasteiger partial charge on any atom is -0.393 e. The molecule has 19 heavy (non-hydrogen) atoms. The van der Waals surface area contributed by atoms with Gasteiger partial charge in [0.1, 0.15) is 0 Å². The second-order valence-electron chi connectivity index (χ2n) is 4.70. The highest BCUT2D eigenvalue weighted by molar-refractivity contribution is 7.13. The highest BCUT2D eigenvalue weighted by Crippen LogP contribution is 2.14. The first-order chi connectivity index (χ1) is 9.06. The van der Waals surface area contributed by atoms with Gasteiger partial charge < -0.3 is 15.3 Å². The van der Waals surface area contributed by atoms with Crippen LogP contribution in [0.4, 0.5) is 0 Å². The second kappa shape index (κ2) is 6.16. The van der Waals surface area contributed by atoms with Crippen LogP contribution in [0.25, 0.3) is 0 Å². The third-order valence-corrected chi connectivity index (χ3v) is 4.18. The van der Waals surface area contributed by atoms with E-state index in [9.17, 15) is 14.7 Å². The maximum Gasteiger partial charge on any atom is 0.261 e. The second-order valence-corrected chi connectivity index (χ2v) is 5.99. The Bertz CT molecular complexity index is 464. The van der Waals surface area contributed by atoms with Crippen LogP contribution in [0.1, 0.15) is 27.4 Å². The first-order valence-electron chi connectivity index (χ1n) is 6.37. The van der Waals surface area contributed by atoms with Crippen molar-refractivity contribution in [3.63, 3.8) is 0 Å². The van der Waals surface area contributed by atoms with Crippen LogP contribution in [0.15, 0.2) is 12.1 Å². The molecular formula is C13H18N2O3S. The van der Waals surface area contributed by atoms with Gasteiger partial charge in [-0.25, -0.2) is 0 Å². The summed E-state index contributed by atoms with van der Waals surface area (Å²) in [6, 6.07) is 3.64. The summed E-state index contributed by atoms with van der Waals surface area (Å²) in [7, 11) is 0. The predicted octanol–water partition coefficient (Wildman–Crippen LogP) is 0.770. The molecule has 0 unspecified atom stereocenters. The molecule has 0 aromatic carbocycles. The number of piperidine rings is 1. The van der Waals surface area contributed by atoms with E-state index in [0.29, 0.717) is 30.8 Å². The first kappa shape index (κ1) is 14.0. The highest BCUT2D eigenvalue weighted by Gasteiger charge is 2.21. The van der Waals surface area contributed by atoms with Crippen molar-refractivity contribution in [2.45, 2.75) is 25.9 Å². The van der Waals surface area contributed by atoms with Gasteiger partial charge in [-0.2, -0.15) is 0 Å². The third-order valence-electron chi connectivity index (χ3n) is 3.18. The van der Waals surface area contributed by atoms with Gasteiger partial charge in [-0.3, -0.25) is 9.59 Å². The van der Waals surface area contributed by atoms with Gasteiger partial charge in [0.05, 0.1) is 17.5 Å². The summed E-state index contributed by atoms with van der Waals surface area (Å²) in [4.78, 5) is 27.0. The Labute approximate surface area is 116 Å². The molecule has 5 nitrogen and oxygen atoms in total. The zero-order valence-electron chi connectivity index (χ0n) is 10.9. The van der Waals surface area contributed by atoms with Crippen molar-refractivity contribution >= 4 is 23.2 Å². The van der Waals surface area contributed by atoms with Crippen LogP contribution in [0.3, 0.4) is 0 Å². The molecular weight excluding hydrogens is 264 g/mol. The Hall–Kier alpha value is -1.40. The maximum atomic E-state index is 11.9. The van der Waals surface area contributed by atoms with Crippen molar-refractivity contribution < 1.29 is 14.7 Å². The molecule has 0 atom stereocenters. The smallest absolute Gasteiger partial charge is 0.261 e. The molecule has 6 heteroatoms. The molecule has 0 bridgehead atoms. The average molecular weight is 282 g/mol. The molecule has 1 aromatic heterocycles. The summed E-state index contributed by atoms with van der Waals surface area (Å²) in [5.74, 6) is -0.294. The van der Waals surface area contributed by atoms with Gasteiger partial charge in [0.15, 0.2) is 0 Å². The van der Waals surface area contributed by atoms with Crippen LogP contribution in [-0.4, -0.2) is 47.6 Å². The fraction of sp³-hybridized carbons (Fsp3) is 0.538. The SMILES string of the molecule is Cc1ccc(C(=O)NCC(=O)N2CCC(O)CC2)s1. The number of nitrogens with zero attached hydrogens (tertiary/aromatic N) is 1. The molecule has 0 spiro atoms. The van der Waals surface area contributed by atoms with Gasteiger partial charge >= 0.3 is 0 Å². The fourth-order valence-corrected chi connectivity index (χ4v) is 2.81. The van der Waals surface area contributed by atoms with Gasteiger partial charge in [-0.1, -0.05) is 0 Å². The zero-order valence-corrected chi connectivity index (χ0v) is 11.7. The number of aryl methyl sites for hydroxylation is 1. The van der Waals surface area contributed by atoms with Crippen molar-refractivity contribution in [3.8, 4) is 0 Å². The normalized spacial score (nSPS) is 16.4. The zero-order chi connectivity index (χ0) is 13.8. The van der Waals surface area contributed by atoms with Crippen LogP contribution in [0.5, 0.6) is 0 Å². The van der Waals surface area contributed by atoms with Crippen molar-refractivity contribution in [1.29, 1.82) is 0 Å². The van der Waals surface area contributed by atoms with E-state index in [-0.39, 0.29) is 24.5 Å². The Morgan fingerprint density at radius 2 is 2.11 bits per heavy atom. The van der Waals surface area contributed by atoms with E-state index in [1.54, 1.807) is 11.0 Å². The predicted molar refractivity (Wildman–Crippen MR) is 73.2 cm³/mol. The molecule has 2 rings (SSSR count). The highest BCUT2D eigenvalue weighted by atomic mass is 32.1. The number of hydrogen-bond acceptors (Lipinski definition) is 4. The van der Waals surface area contributed by atoms with E-state index >= 15 is 0 Å². The van der Waals surface area contributed by atoms with E-state index in [1.807, 2.05) is 13.0 Å². The average Bonchev–Trinajstić information content (AvgIpc) is 2.83. The number of carbonyl (C=O) groups excluding carboxylic acids is 2. The summed E-state index contributed by atoms with van der Waals surface area (Å²) in [6.07, 6.45) is 0.931. The van der Waals surface area contributed by atoms with Gasteiger partial charge in [-0.05, 0) is 31.9 Å². The van der Waals surface area contributed by atoms with Crippen molar-refractivity contribution in [2.24, 2.45) is 0 Å². The lowest BCUT2D eigenvalue weighted by molar-refractivity contribution is -0.132. The monoisotopic (exact) mass is 282 g/mol. The number of carbonyl (C=O) groups is 2. The summed E-state index contributed by atoms with van der Waals surface area (Å²) < 4.78 is 0. The number of rotatable bonds is 3. The van der Waals surface area contributed by atoms with E-state index in [4.69, 9.17) is 0 Å². The van der Waals surface area contributed by atoms with E-state index in [2.05, 4.69) is 5.32 Å². The quantitative estimate of drug-likeness (QED) is 0.860. The van der Waals surface area contributed by atoms with Crippen LogP contribution < -0.4 is 5.32 Å². The van der Waals surface area contributed by atoms with E-state index in [0.717, 1.165) is 4.88 Å². The Balaban J connectivity index is 1.79.